The van der Waals surface area contributed by atoms with Crippen LogP contribution in [0, 0.1) is 0 Å². The summed E-state index contributed by atoms with van der Waals surface area (Å²) in [5.74, 6) is -0.00113. The normalized spacial score (nSPS) is 11.7. The summed E-state index contributed by atoms with van der Waals surface area (Å²) in [5, 5.41) is 10.3. The summed E-state index contributed by atoms with van der Waals surface area (Å²) in [6.07, 6.45) is 1.12. The number of ether oxygens (including phenoxy) is 3. The number of methoxy groups -OCH3 is 2. The monoisotopic (exact) mass is 378 g/mol. The van der Waals surface area contributed by atoms with Crippen LogP contribution in [-0.4, -0.2) is 31.9 Å². The molecule has 0 aliphatic heterocycles. The van der Waals surface area contributed by atoms with Crippen molar-refractivity contribution < 1.29 is 24.1 Å². The van der Waals surface area contributed by atoms with Crippen molar-refractivity contribution in [2.45, 2.75) is 25.7 Å². The van der Waals surface area contributed by atoms with Gasteiger partial charge in [0.05, 0.1) is 26.7 Å². The maximum absolute atomic E-state index is 11.9. The molecular formula is C20H23ClO5. The lowest BCUT2D eigenvalue weighted by molar-refractivity contribution is -0.138. The van der Waals surface area contributed by atoms with E-state index >= 15 is 0 Å². The van der Waals surface area contributed by atoms with Crippen LogP contribution in [-0.2, 0) is 11.2 Å². The summed E-state index contributed by atoms with van der Waals surface area (Å²) < 4.78 is 16.3. The molecule has 0 heterocycles. The Morgan fingerprint density at radius 1 is 1.08 bits per heavy atom. The number of rotatable bonds is 9. The zero-order chi connectivity index (χ0) is 19.1. The number of carboxylic acids is 1. The van der Waals surface area contributed by atoms with Gasteiger partial charge in [0.2, 0.25) is 0 Å². The van der Waals surface area contributed by atoms with Gasteiger partial charge in [-0.05, 0) is 54.3 Å². The molecule has 0 radical (unpaired) electrons. The first-order valence-corrected chi connectivity index (χ1v) is 8.73. The molecule has 6 heteroatoms. The number of hydrogen-bond donors (Lipinski definition) is 1. The van der Waals surface area contributed by atoms with Crippen molar-refractivity contribution >= 4 is 17.6 Å². The second-order valence-electron chi connectivity index (χ2n) is 5.81. The molecule has 1 N–H and O–H groups in total. The molecule has 1 unspecified atom stereocenters. The third kappa shape index (κ3) is 4.82. The van der Waals surface area contributed by atoms with E-state index in [4.69, 9.17) is 25.8 Å². The van der Waals surface area contributed by atoms with Crippen LogP contribution in [0.3, 0.4) is 0 Å². The third-order valence-electron chi connectivity index (χ3n) is 4.02. The van der Waals surface area contributed by atoms with Crippen molar-refractivity contribution in [1.29, 1.82) is 0 Å². The van der Waals surface area contributed by atoms with E-state index in [0.717, 1.165) is 12.0 Å². The summed E-state index contributed by atoms with van der Waals surface area (Å²) >= 11 is 6.11. The highest BCUT2D eigenvalue weighted by Gasteiger charge is 2.24. The minimum absolute atomic E-state index is 0.254. The summed E-state index contributed by atoms with van der Waals surface area (Å²) in [4.78, 5) is 11.9. The summed E-state index contributed by atoms with van der Waals surface area (Å²) in [5.41, 5.74) is 1.38. The summed E-state index contributed by atoms with van der Waals surface area (Å²) in [6.45, 7) is 2.57. The lowest BCUT2D eigenvalue weighted by Crippen LogP contribution is -2.15. The Hall–Kier alpha value is -2.40. The van der Waals surface area contributed by atoms with Gasteiger partial charge in [0.15, 0.2) is 11.5 Å². The van der Waals surface area contributed by atoms with Crippen LogP contribution in [0.1, 0.15) is 30.4 Å². The van der Waals surface area contributed by atoms with Crippen LogP contribution in [0.25, 0.3) is 0 Å². The van der Waals surface area contributed by atoms with Crippen LogP contribution in [0.5, 0.6) is 17.2 Å². The minimum Gasteiger partial charge on any atom is -0.493 e. The van der Waals surface area contributed by atoms with Crippen LogP contribution in [0.4, 0.5) is 0 Å². The van der Waals surface area contributed by atoms with E-state index in [1.54, 1.807) is 36.4 Å². The Kier molecular flexibility index (Phi) is 7.16. The molecular weight excluding hydrogens is 356 g/mol. The molecule has 2 aromatic carbocycles. The first kappa shape index (κ1) is 19.9. The van der Waals surface area contributed by atoms with E-state index in [-0.39, 0.29) is 6.42 Å². The maximum atomic E-state index is 11.9. The average Bonchev–Trinajstić information content (AvgIpc) is 2.64. The van der Waals surface area contributed by atoms with Gasteiger partial charge in [0.25, 0.3) is 0 Å². The predicted molar refractivity (Wildman–Crippen MR) is 101 cm³/mol. The van der Waals surface area contributed by atoms with E-state index in [9.17, 15) is 9.90 Å². The van der Waals surface area contributed by atoms with Gasteiger partial charge in [-0.2, -0.15) is 0 Å². The Labute approximate surface area is 158 Å². The van der Waals surface area contributed by atoms with Crippen molar-refractivity contribution in [2.24, 2.45) is 0 Å². The SMILES string of the molecule is CCCOc1ccc(Cl)cc1CC(C(=O)O)c1ccc(OC)c(OC)c1. The molecule has 0 saturated carbocycles. The number of carboxylic acid groups (broad SMARTS) is 1. The third-order valence-corrected chi connectivity index (χ3v) is 4.25. The molecule has 0 fully saturated rings. The van der Waals surface area contributed by atoms with Gasteiger partial charge in [-0.3, -0.25) is 4.79 Å². The minimum atomic E-state index is -0.932. The lowest BCUT2D eigenvalue weighted by atomic mass is 9.91. The van der Waals surface area contributed by atoms with Gasteiger partial charge < -0.3 is 19.3 Å². The largest absolute Gasteiger partial charge is 0.493 e. The first-order chi connectivity index (χ1) is 12.5. The Balaban J connectivity index is 2.38. The van der Waals surface area contributed by atoms with Gasteiger partial charge in [0.1, 0.15) is 5.75 Å². The maximum Gasteiger partial charge on any atom is 0.311 e. The molecule has 5 nitrogen and oxygen atoms in total. The second-order valence-corrected chi connectivity index (χ2v) is 6.25. The zero-order valence-corrected chi connectivity index (χ0v) is 15.9. The van der Waals surface area contributed by atoms with Gasteiger partial charge in [0, 0.05) is 5.02 Å². The molecule has 0 amide bonds. The molecule has 1 atom stereocenters. The second kappa shape index (κ2) is 9.34. The van der Waals surface area contributed by atoms with E-state index in [2.05, 4.69) is 0 Å². The van der Waals surface area contributed by atoms with Gasteiger partial charge in [-0.25, -0.2) is 0 Å². The Morgan fingerprint density at radius 3 is 2.38 bits per heavy atom. The Morgan fingerprint density at radius 2 is 1.77 bits per heavy atom. The van der Waals surface area contributed by atoms with Gasteiger partial charge in [-0.1, -0.05) is 24.6 Å². The van der Waals surface area contributed by atoms with Crippen molar-refractivity contribution in [3.63, 3.8) is 0 Å². The molecule has 0 aromatic heterocycles. The molecule has 2 aromatic rings. The quantitative estimate of drug-likeness (QED) is 0.693. The molecule has 0 aliphatic rings. The topological polar surface area (TPSA) is 65.0 Å². The van der Waals surface area contributed by atoms with Gasteiger partial charge in [-0.15, -0.1) is 0 Å². The molecule has 0 spiro atoms. The highest BCUT2D eigenvalue weighted by molar-refractivity contribution is 6.30. The highest BCUT2D eigenvalue weighted by Crippen LogP contribution is 2.34. The zero-order valence-electron chi connectivity index (χ0n) is 15.1. The van der Waals surface area contributed by atoms with E-state index in [0.29, 0.717) is 34.4 Å². The van der Waals surface area contributed by atoms with E-state index in [1.807, 2.05) is 6.92 Å². The van der Waals surface area contributed by atoms with Gasteiger partial charge >= 0.3 is 5.97 Å². The first-order valence-electron chi connectivity index (χ1n) is 8.36. The smallest absolute Gasteiger partial charge is 0.311 e. The van der Waals surface area contributed by atoms with Crippen molar-refractivity contribution in [3.8, 4) is 17.2 Å². The molecule has 140 valence electrons. The fourth-order valence-corrected chi connectivity index (χ4v) is 2.89. The van der Waals surface area contributed by atoms with Crippen LogP contribution in [0.2, 0.25) is 5.02 Å². The van der Waals surface area contributed by atoms with Crippen LogP contribution < -0.4 is 14.2 Å². The Bertz CT molecular complexity index is 760. The molecule has 0 saturated heterocycles. The number of carbonyl (C=O) groups is 1. The fourth-order valence-electron chi connectivity index (χ4n) is 2.70. The summed E-state index contributed by atoms with van der Waals surface area (Å²) in [7, 11) is 3.06. The van der Waals surface area contributed by atoms with E-state index in [1.165, 1.54) is 14.2 Å². The molecule has 0 aliphatic carbocycles. The molecule has 2 rings (SSSR count). The fraction of sp³-hybridized carbons (Fsp3) is 0.350. The lowest BCUT2D eigenvalue weighted by Gasteiger charge is -2.18. The average molecular weight is 379 g/mol. The highest BCUT2D eigenvalue weighted by atomic mass is 35.5. The predicted octanol–water partition coefficient (Wildman–Crippen LogP) is 4.56. The standard InChI is InChI=1S/C20H23ClO5/c1-4-9-26-17-8-6-15(21)10-14(17)11-16(20(22)23)13-5-7-18(24-2)19(12-13)25-3/h5-8,10,12,16H,4,9,11H2,1-3H3,(H,22,23). The molecule has 0 bridgehead atoms. The van der Waals surface area contributed by atoms with Crippen molar-refractivity contribution in [2.75, 3.05) is 20.8 Å². The molecule has 26 heavy (non-hydrogen) atoms. The summed E-state index contributed by atoms with van der Waals surface area (Å²) in [6, 6.07) is 10.4. The van der Waals surface area contributed by atoms with Crippen molar-refractivity contribution in [1.82, 2.24) is 0 Å². The number of aliphatic carboxylic acids is 1. The number of hydrogen-bond acceptors (Lipinski definition) is 4. The number of benzene rings is 2. The van der Waals surface area contributed by atoms with Crippen molar-refractivity contribution in [3.05, 3.63) is 52.5 Å². The number of halogens is 1. The van der Waals surface area contributed by atoms with E-state index < -0.39 is 11.9 Å². The van der Waals surface area contributed by atoms with Crippen LogP contribution >= 0.6 is 11.6 Å². The van der Waals surface area contributed by atoms with Crippen LogP contribution in [0.15, 0.2) is 36.4 Å².